The third kappa shape index (κ3) is 4.72. The number of halogens is 3. The van der Waals surface area contributed by atoms with Crippen molar-refractivity contribution >= 4 is 17.2 Å². The summed E-state index contributed by atoms with van der Waals surface area (Å²) in [5, 5.41) is 4.04. The second-order valence-corrected chi connectivity index (χ2v) is 8.24. The van der Waals surface area contributed by atoms with E-state index in [2.05, 4.69) is 25.1 Å². The topological polar surface area (TPSA) is 94.1 Å². The number of fused-ring (bicyclic) bond motifs is 1. The van der Waals surface area contributed by atoms with E-state index in [1.54, 1.807) is 36.7 Å². The van der Waals surface area contributed by atoms with Gasteiger partial charge in [0.1, 0.15) is 23.5 Å². The molecule has 0 fully saturated rings. The van der Waals surface area contributed by atoms with E-state index in [4.69, 9.17) is 4.52 Å². The van der Waals surface area contributed by atoms with Crippen LogP contribution < -0.4 is 0 Å². The third-order valence-corrected chi connectivity index (χ3v) is 5.75. The zero-order valence-corrected chi connectivity index (χ0v) is 18.5. The Morgan fingerprint density at radius 3 is 2.63 bits per heavy atom. The maximum Gasteiger partial charge on any atom is 0.416 e. The van der Waals surface area contributed by atoms with Gasteiger partial charge < -0.3 is 4.52 Å². The largest absolute Gasteiger partial charge is 0.416 e. The molecule has 3 aromatic heterocycles. The summed E-state index contributed by atoms with van der Waals surface area (Å²) in [6.45, 7) is 1.83. The molecule has 0 amide bonds. The van der Waals surface area contributed by atoms with E-state index in [1.165, 1.54) is 12.4 Å². The summed E-state index contributed by atoms with van der Waals surface area (Å²) < 4.78 is 44.4. The summed E-state index contributed by atoms with van der Waals surface area (Å²) in [5.41, 5.74) is 2.94. The summed E-state index contributed by atoms with van der Waals surface area (Å²) in [7, 11) is 0. The first-order valence-electron chi connectivity index (χ1n) is 10.8. The number of pyridine rings is 1. The molecule has 0 saturated carbocycles. The van der Waals surface area contributed by atoms with Gasteiger partial charge in [-0.15, -0.1) is 0 Å². The summed E-state index contributed by atoms with van der Waals surface area (Å²) >= 11 is 0. The van der Waals surface area contributed by atoms with Crippen molar-refractivity contribution in [1.29, 1.82) is 0 Å². The number of alkyl halides is 3. The highest BCUT2D eigenvalue weighted by molar-refractivity contribution is 6.05. The highest BCUT2D eigenvalue weighted by atomic mass is 19.4. The molecule has 0 saturated heterocycles. The summed E-state index contributed by atoms with van der Waals surface area (Å²) in [6.07, 6.45) is 0.569. The van der Waals surface area contributed by atoms with Gasteiger partial charge in [-0.1, -0.05) is 12.1 Å². The molecule has 10 heteroatoms. The fourth-order valence-corrected chi connectivity index (χ4v) is 3.86. The van der Waals surface area contributed by atoms with Crippen molar-refractivity contribution in [3.05, 3.63) is 89.5 Å². The van der Waals surface area contributed by atoms with Crippen LogP contribution in [0.1, 0.15) is 52.3 Å². The van der Waals surface area contributed by atoms with Crippen LogP contribution in [0, 0.1) is 0 Å². The Kier molecular flexibility index (Phi) is 5.72. The van der Waals surface area contributed by atoms with Crippen molar-refractivity contribution in [2.24, 2.45) is 4.99 Å². The Labute approximate surface area is 197 Å². The molecule has 0 unspecified atom stereocenters. The van der Waals surface area contributed by atoms with E-state index >= 15 is 0 Å². The van der Waals surface area contributed by atoms with E-state index in [9.17, 15) is 18.0 Å². The lowest BCUT2D eigenvalue weighted by molar-refractivity contribution is -0.137. The van der Waals surface area contributed by atoms with E-state index in [-0.39, 0.29) is 30.2 Å². The van der Waals surface area contributed by atoms with Gasteiger partial charge in [0.25, 0.3) is 0 Å². The number of carbonyl (C=O) groups is 1. The molecule has 5 rings (SSSR count). The fraction of sp³-hybridized carbons (Fsp3) is 0.200. The lowest BCUT2D eigenvalue weighted by Gasteiger charge is -2.07. The predicted octanol–water partition coefficient (Wildman–Crippen LogP) is 5.60. The zero-order chi connectivity index (χ0) is 24.6. The number of aromatic nitrogens is 4. The Hall–Kier alpha value is -4.21. The van der Waals surface area contributed by atoms with Crippen LogP contribution in [0.3, 0.4) is 0 Å². The number of nitrogens with zero attached hydrogens (tertiary/aromatic N) is 5. The minimum Gasteiger partial charge on any atom is -0.360 e. The van der Waals surface area contributed by atoms with Crippen LogP contribution >= 0.6 is 0 Å². The van der Waals surface area contributed by atoms with Gasteiger partial charge in [0.2, 0.25) is 0 Å². The molecule has 4 aromatic rings. The molecule has 1 aliphatic heterocycles. The minimum atomic E-state index is -4.41. The van der Waals surface area contributed by atoms with Crippen LogP contribution in [0.2, 0.25) is 0 Å². The predicted molar refractivity (Wildman–Crippen MR) is 120 cm³/mol. The summed E-state index contributed by atoms with van der Waals surface area (Å²) in [4.78, 5) is 29.6. The third-order valence-electron chi connectivity index (χ3n) is 5.75. The van der Waals surface area contributed by atoms with Gasteiger partial charge in [0.15, 0.2) is 5.78 Å². The van der Waals surface area contributed by atoms with Crippen molar-refractivity contribution in [2.45, 2.75) is 31.9 Å². The smallest absolute Gasteiger partial charge is 0.360 e. The number of Topliss-reactive ketones (excluding diaryl/α,β-unsaturated/α-hetero) is 1. The molecule has 4 heterocycles. The van der Waals surface area contributed by atoms with Gasteiger partial charge in [-0.3, -0.25) is 14.8 Å². The van der Waals surface area contributed by atoms with E-state index in [1.807, 2.05) is 6.92 Å². The molecule has 35 heavy (non-hydrogen) atoms. The number of carbonyl (C=O) groups excluding carboxylic acids is 1. The average molecular weight is 477 g/mol. The number of hydrogen-bond donors (Lipinski definition) is 0. The van der Waals surface area contributed by atoms with Crippen LogP contribution in [0.5, 0.6) is 0 Å². The molecule has 1 aromatic carbocycles. The van der Waals surface area contributed by atoms with Crippen LogP contribution in [0.15, 0.2) is 70.7 Å². The fourth-order valence-electron chi connectivity index (χ4n) is 3.86. The number of hydrogen-bond acceptors (Lipinski definition) is 7. The van der Waals surface area contributed by atoms with Gasteiger partial charge in [0.05, 0.1) is 22.7 Å². The van der Waals surface area contributed by atoms with E-state index in [0.29, 0.717) is 34.1 Å². The number of ketones is 1. The van der Waals surface area contributed by atoms with Crippen LogP contribution in [-0.4, -0.2) is 31.6 Å². The molecule has 0 radical (unpaired) electrons. The van der Waals surface area contributed by atoms with Crippen molar-refractivity contribution in [2.75, 3.05) is 0 Å². The average Bonchev–Trinajstić information content (AvgIpc) is 3.51. The lowest BCUT2D eigenvalue weighted by atomic mass is 9.98. The van der Waals surface area contributed by atoms with Gasteiger partial charge >= 0.3 is 6.18 Å². The molecule has 0 spiro atoms. The molecule has 0 aliphatic carbocycles. The van der Waals surface area contributed by atoms with Crippen LogP contribution in [-0.2, 0) is 12.6 Å². The molecular weight excluding hydrogens is 459 g/mol. The molecule has 1 atom stereocenters. The van der Waals surface area contributed by atoms with Gasteiger partial charge in [-0.25, -0.2) is 9.97 Å². The zero-order valence-electron chi connectivity index (χ0n) is 18.5. The van der Waals surface area contributed by atoms with Crippen molar-refractivity contribution < 1.29 is 22.5 Å². The Balaban J connectivity index is 1.28. The highest BCUT2D eigenvalue weighted by Gasteiger charge is 2.32. The van der Waals surface area contributed by atoms with Gasteiger partial charge in [-0.2, -0.15) is 13.2 Å². The van der Waals surface area contributed by atoms with E-state index in [0.717, 1.165) is 17.7 Å². The number of benzene rings is 1. The van der Waals surface area contributed by atoms with Gasteiger partial charge in [0, 0.05) is 42.8 Å². The standard InChI is InChI=1S/C25H18F3N5O2/c1-14(8-23(34)22-11-19(30-13-31-22)15-4-6-29-7-5-15)24-12-21(33-35-24)20-10-16-9-17(25(26,27)28)2-3-18(16)32-20/h2-7,9,11-14H,8,10H2,1H3/t14-/m1/s1. The molecule has 1 aliphatic rings. The number of rotatable bonds is 6. The summed E-state index contributed by atoms with van der Waals surface area (Å²) in [6, 6.07) is 10.4. The molecule has 0 N–H and O–H groups in total. The molecule has 0 bridgehead atoms. The monoisotopic (exact) mass is 477 g/mol. The number of aliphatic imine (C=N–C) groups is 1. The van der Waals surface area contributed by atoms with Crippen molar-refractivity contribution in [1.82, 2.24) is 20.1 Å². The lowest BCUT2D eigenvalue weighted by Crippen LogP contribution is -2.07. The maximum absolute atomic E-state index is 13.0. The first-order chi connectivity index (χ1) is 16.8. The Bertz CT molecular complexity index is 1430. The Morgan fingerprint density at radius 1 is 1.06 bits per heavy atom. The maximum atomic E-state index is 13.0. The second-order valence-electron chi connectivity index (χ2n) is 8.24. The van der Waals surface area contributed by atoms with Gasteiger partial charge in [-0.05, 0) is 42.0 Å². The Morgan fingerprint density at radius 2 is 1.86 bits per heavy atom. The normalized spacial score (nSPS) is 13.9. The van der Waals surface area contributed by atoms with Crippen molar-refractivity contribution in [3.63, 3.8) is 0 Å². The molecular formula is C25H18F3N5O2. The van der Waals surface area contributed by atoms with E-state index < -0.39 is 11.7 Å². The second kappa shape index (κ2) is 8.86. The van der Waals surface area contributed by atoms with Crippen molar-refractivity contribution in [3.8, 4) is 11.3 Å². The quantitative estimate of drug-likeness (QED) is 0.336. The molecule has 176 valence electrons. The SMILES string of the molecule is C[C@H](CC(=O)c1cc(-c2ccncc2)ncn1)c1cc(C2=Nc3ccc(C(F)(F)F)cc3C2)no1. The first kappa shape index (κ1) is 22.6. The highest BCUT2D eigenvalue weighted by Crippen LogP contribution is 2.36. The van der Waals surface area contributed by atoms with Crippen LogP contribution in [0.4, 0.5) is 18.9 Å². The minimum absolute atomic E-state index is 0.128. The summed E-state index contributed by atoms with van der Waals surface area (Å²) in [5.74, 6) is -0.00542. The molecule has 7 nitrogen and oxygen atoms in total. The first-order valence-corrected chi connectivity index (χ1v) is 10.8. The van der Waals surface area contributed by atoms with Crippen LogP contribution in [0.25, 0.3) is 11.3 Å².